The van der Waals surface area contributed by atoms with Gasteiger partial charge in [-0.2, -0.15) is 0 Å². The fraction of sp³-hybridized carbons (Fsp3) is 0.885. The summed E-state index contributed by atoms with van der Waals surface area (Å²) in [5.41, 5.74) is -2.21. The van der Waals surface area contributed by atoms with Crippen LogP contribution in [0, 0.1) is 11.8 Å². The molecule has 6 aliphatic rings. The predicted octanol–water partition coefficient (Wildman–Crippen LogP) is 1.42. The Balaban J connectivity index is 1.58. The van der Waals surface area contributed by atoms with Crippen molar-refractivity contribution in [1.29, 1.82) is 0 Å². The smallest absolute Gasteiger partial charge is 0.406 e. The van der Waals surface area contributed by atoms with E-state index in [1.165, 1.54) is 21.1 Å². The van der Waals surface area contributed by atoms with Gasteiger partial charge in [0.05, 0.1) is 32.5 Å². The van der Waals surface area contributed by atoms with Crippen LogP contribution >= 0.6 is 7.75 Å². The van der Waals surface area contributed by atoms with E-state index in [1.807, 2.05) is 9.80 Å². The lowest BCUT2D eigenvalue weighted by atomic mass is 9.74. The normalized spacial score (nSPS) is 36.3. The minimum atomic E-state index is -4.26. The zero-order valence-corrected chi connectivity index (χ0v) is 24.7. The van der Waals surface area contributed by atoms with Gasteiger partial charge in [0.2, 0.25) is 0 Å². The van der Waals surface area contributed by atoms with Gasteiger partial charge in [0.1, 0.15) is 17.1 Å². The van der Waals surface area contributed by atoms with Gasteiger partial charge in [-0.15, -0.1) is 0 Å². The number of nitrogens with zero attached hydrogens (tertiary/aromatic N) is 2. The summed E-state index contributed by atoms with van der Waals surface area (Å²) in [6.07, 6.45) is 2.71. The average Bonchev–Trinajstić information content (AvgIpc) is 2.91. The van der Waals surface area contributed by atoms with Gasteiger partial charge in [0.25, 0.3) is 0 Å². The molecule has 6 heterocycles. The number of esters is 1. The molecule has 6 rings (SSSR count). The fourth-order valence-electron chi connectivity index (χ4n) is 6.54. The van der Waals surface area contributed by atoms with Gasteiger partial charge in [-0.25, -0.2) is 9.65 Å². The largest absolute Gasteiger partial charge is 0.462 e. The van der Waals surface area contributed by atoms with Crippen molar-refractivity contribution in [3.8, 4) is 0 Å². The summed E-state index contributed by atoms with van der Waals surface area (Å²) in [5.74, 6) is -0.821. The molecule has 6 aliphatic heterocycles. The van der Waals surface area contributed by atoms with Crippen LogP contribution in [0.4, 0.5) is 0 Å². The van der Waals surface area contributed by atoms with Crippen LogP contribution in [0.2, 0.25) is 0 Å². The zero-order chi connectivity index (χ0) is 28.4. The summed E-state index contributed by atoms with van der Waals surface area (Å²) in [7, 11) is -1.22. The number of ketones is 2. The number of piperidine rings is 6. The second kappa shape index (κ2) is 12.3. The number of ether oxygens (including phenoxy) is 3. The monoisotopic (exact) mass is 573 g/mol. The van der Waals surface area contributed by atoms with Gasteiger partial charge in [0.15, 0.2) is 11.6 Å². The summed E-state index contributed by atoms with van der Waals surface area (Å²) in [6, 6.07) is -1.03. The Morgan fingerprint density at radius 3 is 1.59 bits per heavy atom. The molecular formula is C26H44N3O9P. The zero-order valence-electron chi connectivity index (χ0n) is 23.8. The van der Waals surface area contributed by atoms with Crippen LogP contribution in [-0.4, -0.2) is 117 Å². The molecule has 222 valence electrons. The molecular weight excluding hydrogens is 529 g/mol. The number of methoxy groups -OCH3 is 2. The van der Waals surface area contributed by atoms with Crippen LogP contribution in [0.15, 0.2) is 0 Å². The van der Waals surface area contributed by atoms with Gasteiger partial charge in [0, 0.05) is 26.1 Å². The molecule has 6 fully saturated rings. The first-order valence-electron chi connectivity index (χ1n) is 13.9. The SMILES string of the molecule is COC[C@@]1(COP(=O)(N[C@@H](C)C(=O)OC(C)C)OC[C@]2(COC)C(=O)C3CCN2CC3)C(=O)C2CCN1CC2. The Kier molecular flexibility index (Phi) is 9.71. The topological polar surface area (TPSA) is 133 Å². The second-order valence-electron chi connectivity index (χ2n) is 11.6. The number of hydrogen-bond acceptors (Lipinski definition) is 11. The Morgan fingerprint density at radius 1 is 0.846 bits per heavy atom. The number of hydrogen-bond donors (Lipinski definition) is 1. The highest BCUT2D eigenvalue weighted by Crippen LogP contribution is 2.49. The third-order valence-corrected chi connectivity index (χ3v) is 10.3. The quantitative estimate of drug-likeness (QED) is 0.238. The maximum Gasteiger partial charge on any atom is 0.406 e. The van der Waals surface area contributed by atoms with E-state index in [9.17, 15) is 18.9 Å². The van der Waals surface area contributed by atoms with Crippen molar-refractivity contribution in [3.63, 3.8) is 0 Å². The van der Waals surface area contributed by atoms with E-state index in [1.54, 1.807) is 13.8 Å². The van der Waals surface area contributed by atoms with Crippen molar-refractivity contribution in [2.24, 2.45) is 11.8 Å². The first-order valence-corrected chi connectivity index (χ1v) is 15.5. The van der Waals surface area contributed by atoms with Gasteiger partial charge in [-0.05, 0) is 72.6 Å². The lowest BCUT2D eigenvalue weighted by Crippen LogP contribution is -2.69. The molecule has 0 aromatic heterocycles. The second-order valence-corrected chi connectivity index (χ2v) is 13.3. The first-order chi connectivity index (χ1) is 18.5. The van der Waals surface area contributed by atoms with Crippen LogP contribution in [0.25, 0.3) is 0 Å². The molecule has 0 aromatic carbocycles. The standard InChI is InChI=1S/C26H44N3O9P/c1-18(2)38-24(32)19(3)27-39(33,36-16-25(14-34-4)22(30)20-6-10-28(25)11-7-20)37-17-26(15-35-5)23(31)21-8-12-29(26)13-9-21/h18-21H,6-17H2,1-5H3,(H,27,33)/t19-,25+,26+/m0/s1. The third kappa shape index (κ3) is 6.04. The Bertz CT molecular complexity index is 906. The van der Waals surface area contributed by atoms with E-state index in [4.69, 9.17) is 23.3 Å². The number of carbonyl (C=O) groups is 3. The van der Waals surface area contributed by atoms with Crippen molar-refractivity contribution in [1.82, 2.24) is 14.9 Å². The molecule has 0 saturated carbocycles. The number of rotatable bonds is 14. The summed E-state index contributed by atoms with van der Waals surface area (Å²) in [4.78, 5) is 43.6. The number of fused-ring (bicyclic) bond motifs is 6. The first kappa shape index (κ1) is 30.7. The molecule has 0 spiro atoms. The van der Waals surface area contributed by atoms with Crippen molar-refractivity contribution >= 4 is 25.3 Å². The van der Waals surface area contributed by atoms with Crippen molar-refractivity contribution in [2.75, 3.05) is 66.8 Å². The number of carbonyl (C=O) groups excluding carboxylic acids is 3. The highest BCUT2D eigenvalue weighted by Gasteiger charge is 2.56. The van der Waals surface area contributed by atoms with Crippen LogP contribution in [0.1, 0.15) is 46.5 Å². The van der Waals surface area contributed by atoms with E-state index >= 15 is 0 Å². The minimum Gasteiger partial charge on any atom is -0.462 e. The lowest BCUT2D eigenvalue weighted by molar-refractivity contribution is -0.159. The van der Waals surface area contributed by atoms with Crippen molar-refractivity contribution in [2.45, 2.75) is 69.7 Å². The highest BCUT2D eigenvalue weighted by atomic mass is 31.2. The fourth-order valence-corrected chi connectivity index (χ4v) is 8.11. The van der Waals surface area contributed by atoms with Gasteiger partial charge in [-0.1, -0.05) is 0 Å². The molecule has 3 atom stereocenters. The molecule has 6 saturated heterocycles. The van der Waals surface area contributed by atoms with E-state index < -0.39 is 30.8 Å². The summed E-state index contributed by atoms with van der Waals surface area (Å²) in [5, 5.41) is 2.71. The molecule has 4 bridgehead atoms. The molecule has 0 unspecified atom stereocenters. The molecule has 13 heteroatoms. The maximum absolute atomic E-state index is 14.3. The number of nitrogens with one attached hydrogen (secondary N) is 1. The van der Waals surface area contributed by atoms with Crippen LogP contribution < -0.4 is 5.09 Å². The molecule has 0 aromatic rings. The van der Waals surface area contributed by atoms with Gasteiger partial charge in [-0.3, -0.25) is 33.2 Å². The Labute approximate surface area is 230 Å². The van der Waals surface area contributed by atoms with Crippen LogP contribution in [0.5, 0.6) is 0 Å². The Hall–Kier alpha value is -1.24. The van der Waals surface area contributed by atoms with Crippen molar-refractivity contribution in [3.05, 3.63) is 0 Å². The van der Waals surface area contributed by atoms with E-state index in [-0.39, 0.29) is 55.9 Å². The van der Waals surface area contributed by atoms with E-state index in [0.29, 0.717) is 26.2 Å². The maximum atomic E-state index is 14.3. The van der Waals surface area contributed by atoms with E-state index in [2.05, 4.69) is 5.09 Å². The van der Waals surface area contributed by atoms with Crippen LogP contribution in [0.3, 0.4) is 0 Å². The van der Waals surface area contributed by atoms with Crippen LogP contribution in [-0.2, 0) is 42.2 Å². The molecule has 1 N–H and O–H groups in total. The van der Waals surface area contributed by atoms with Gasteiger partial charge < -0.3 is 14.2 Å². The number of Topliss-reactive ketones (excluding diaryl/α,β-unsaturated/α-hetero) is 2. The molecule has 12 nitrogen and oxygen atoms in total. The highest BCUT2D eigenvalue weighted by molar-refractivity contribution is 7.51. The lowest BCUT2D eigenvalue weighted by Gasteiger charge is -2.53. The summed E-state index contributed by atoms with van der Waals surface area (Å²) >= 11 is 0. The summed E-state index contributed by atoms with van der Waals surface area (Å²) < 4.78 is 42.5. The Morgan fingerprint density at radius 2 is 1.26 bits per heavy atom. The predicted molar refractivity (Wildman–Crippen MR) is 141 cm³/mol. The third-order valence-electron chi connectivity index (χ3n) is 8.63. The summed E-state index contributed by atoms with van der Waals surface area (Å²) in [6.45, 7) is 7.45. The van der Waals surface area contributed by atoms with E-state index in [0.717, 1.165) is 25.7 Å². The average molecular weight is 574 g/mol. The molecule has 0 amide bonds. The van der Waals surface area contributed by atoms with Crippen molar-refractivity contribution < 1.29 is 42.2 Å². The molecule has 0 aliphatic carbocycles. The van der Waals surface area contributed by atoms with Gasteiger partial charge >= 0.3 is 13.7 Å². The minimum absolute atomic E-state index is 0.00222. The molecule has 0 radical (unpaired) electrons. The molecule has 39 heavy (non-hydrogen) atoms.